The number of para-hydroxylation sites is 1. The number of hydrogen-bond donors (Lipinski definition) is 3. The molecule has 182 valence electrons. The van der Waals surface area contributed by atoms with Gasteiger partial charge in [0.05, 0.1) is 17.6 Å². The molecule has 1 atom stereocenters. The van der Waals surface area contributed by atoms with Crippen molar-refractivity contribution in [1.29, 1.82) is 5.26 Å². The fourth-order valence-electron chi connectivity index (χ4n) is 4.35. The van der Waals surface area contributed by atoms with Gasteiger partial charge in [0, 0.05) is 35.8 Å². The summed E-state index contributed by atoms with van der Waals surface area (Å²) in [6.45, 7) is 1.90. The van der Waals surface area contributed by atoms with Crippen molar-refractivity contribution in [2.75, 3.05) is 17.7 Å². The Balaban J connectivity index is 1.74. The molecule has 0 aliphatic carbocycles. The molecule has 0 fully saturated rings. The van der Waals surface area contributed by atoms with Crippen molar-refractivity contribution in [2.24, 2.45) is 0 Å². The van der Waals surface area contributed by atoms with E-state index in [-0.39, 0.29) is 16.7 Å². The third-order valence-electron chi connectivity index (χ3n) is 6.08. The number of aromatic amines is 1. The van der Waals surface area contributed by atoms with Gasteiger partial charge in [0.25, 0.3) is 5.56 Å². The van der Waals surface area contributed by atoms with Crippen LogP contribution in [0.15, 0.2) is 88.6 Å². The van der Waals surface area contributed by atoms with E-state index in [1.807, 2.05) is 61.5 Å². The van der Waals surface area contributed by atoms with Crippen molar-refractivity contribution >= 4 is 22.5 Å². The van der Waals surface area contributed by atoms with Crippen molar-refractivity contribution in [3.8, 4) is 23.0 Å². The van der Waals surface area contributed by atoms with Crippen LogP contribution >= 0.6 is 0 Å². The number of nitrogens with one attached hydrogen (secondary N) is 3. The number of H-pyrrole nitrogens is 1. The Bertz CT molecular complexity index is 1770. The molecule has 5 aromatic rings. The molecule has 0 saturated heterocycles. The molecule has 0 bridgehead atoms. The van der Waals surface area contributed by atoms with Gasteiger partial charge >= 0.3 is 0 Å². The van der Waals surface area contributed by atoms with Gasteiger partial charge < -0.3 is 15.6 Å². The highest BCUT2D eigenvalue weighted by molar-refractivity contribution is 5.95. The Morgan fingerprint density at radius 1 is 1.03 bits per heavy atom. The monoisotopic (exact) mass is 489 g/mol. The predicted molar refractivity (Wildman–Crippen MR) is 144 cm³/mol. The molecule has 3 N–H and O–H groups in total. The maximum atomic E-state index is 14.2. The molecule has 0 aliphatic rings. The zero-order chi connectivity index (χ0) is 25.9. The molecule has 0 saturated carbocycles. The molecule has 9 nitrogen and oxygen atoms in total. The lowest BCUT2D eigenvalue weighted by atomic mass is 10.0. The van der Waals surface area contributed by atoms with Gasteiger partial charge in [0.15, 0.2) is 0 Å². The zero-order valence-corrected chi connectivity index (χ0v) is 20.2. The molecule has 0 spiro atoms. The number of anilines is 2. The van der Waals surface area contributed by atoms with Crippen LogP contribution in [0.25, 0.3) is 27.7 Å². The summed E-state index contributed by atoms with van der Waals surface area (Å²) in [6, 6.07) is 23.4. The Morgan fingerprint density at radius 3 is 2.54 bits per heavy atom. The van der Waals surface area contributed by atoms with Crippen LogP contribution in [0.3, 0.4) is 0 Å². The molecule has 2 aromatic carbocycles. The van der Waals surface area contributed by atoms with Crippen LogP contribution in [-0.2, 0) is 0 Å². The Morgan fingerprint density at radius 2 is 1.81 bits per heavy atom. The highest BCUT2D eigenvalue weighted by Crippen LogP contribution is 2.29. The molecule has 9 heteroatoms. The first-order chi connectivity index (χ1) is 18.0. The molecule has 5 rings (SSSR count). The average Bonchev–Trinajstić information content (AvgIpc) is 2.93. The number of fused-ring (bicyclic) bond motifs is 1. The van der Waals surface area contributed by atoms with Crippen molar-refractivity contribution in [3.05, 3.63) is 111 Å². The second kappa shape index (κ2) is 9.79. The largest absolute Gasteiger partial charge is 0.361 e. The van der Waals surface area contributed by atoms with Crippen LogP contribution in [0.5, 0.6) is 0 Å². The number of rotatable bonds is 6. The van der Waals surface area contributed by atoms with E-state index in [0.29, 0.717) is 39.8 Å². The van der Waals surface area contributed by atoms with E-state index < -0.39 is 6.04 Å². The Hall–Kier alpha value is -5.23. The third kappa shape index (κ3) is 4.44. The first-order valence-electron chi connectivity index (χ1n) is 11.7. The average molecular weight is 490 g/mol. The topological polar surface area (TPSA) is 128 Å². The van der Waals surface area contributed by atoms with E-state index in [1.54, 1.807) is 23.7 Å². The van der Waals surface area contributed by atoms with E-state index >= 15 is 0 Å². The van der Waals surface area contributed by atoms with Gasteiger partial charge in [-0.05, 0) is 36.6 Å². The second-order valence-corrected chi connectivity index (χ2v) is 8.43. The first kappa shape index (κ1) is 23.5. The zero-order valence-electron chi connectivity index (χ0n) is 20.2. The summed E-state index contributed by atoms with van der Waals surface area (Å²) < 4.78 is 1.65. The van der Waals surface area contributed by atoms with Gasteiger partial charge in [-0.15, -0.1) is 0 Å². The Kier molecular flexibility index (Phi) is 6.22. The fraction of sp³-hybridized carbons (Fsp3) is 0.107. The number of benzene rings is 2. The van der Waals surface area contributed by atoms with Gasteiger partial charge in [-0.1, -0.05) is 42.5 Å². The van der Waals surface area contributed by atoms with Crippen LogP contribution in [0.2, 0.25) is 0 Å². The second-order valence-electron chi connectivity index (χ2n) is 8.43. The van der Waals surface area contributed by atoms with Crippen LogP contribution in [0.1, 0.15) is 24.2 Å². The lowest BCUT2D eigenvalue weighted by molar-refractivity contribution is 0.772. The summed E-state index contributed by atoms with van der Waals surface area (Å²) in [5.41, 5.74) is 2.38. The Labute approximate surface area is 212 Å². The molecule has 0 amide bonds. The number of pyridine rings is 2. The van der Waals surface area contributed by atoms with Gasteiger partial charge in [-0.2, -0.15) is 10.2 Å². The molecule has 37 heavy (non-hydrogen) atoms. The normalized spacial score (nSPS) is 11.6. The minimum absolute atomic E-state index is 0.230. The van der Waals surface area contributed by atoms with Gasteiger partial charge in [-0.25, -0.2) is 4.98 Å². The molecule has 3 heterocycles. The highest BCUT2D eigenvalue weighted by atomic mass is 16.1. The summed E-state index contributed by atoms with van der Waals surface area (Å²) in [5.74, 6) is 0.728. The van der Waals surface area contributed by atoms with Crippen molar-refractivity contribution in [1.82, 2.24) is 19.5 Å². The van der Waals surface area contributed by atoms with Crippen LogP contribution < -0.4 is 21.8 Å². The molecular formula is C28H23N7O2. The molecule has 0 unspecified atom stereocenters. The smallest absolute Gasteiger partial charge is 0.263 e. The maximum Gasteiger partial charge on any atom is 0.263 e. The molecule has 3 aromatic heterocycles. The molecular weight excluding hydrogens is 466 g/mol. The maximum absolute atomic E-state index is 14.2. The summed E-state index contributed by atoms with van der Waals surface area (Å²) in [5, 5.41) is 16.9. The fourth-order valence-corrected chi connectivity index (χ4v) is 4.35. The highest BCUT2D eigenvalue weighted by Gasteiger charge is 2.20. The van der Waals surface area contributed by atoms with E-state index in [0.717, 1.165) is 5.39 Å². The SMILES string of the molecule is CNc1ncc(C#N)c(N[C@@H](C)c2cc3cccc(-c4cccc(=O)[nH]4)c3c(=O)n2-c2ccccc2)n1. The van der Waals surface area contributed by atoms with Crippen molar-refractivity contribution in [2.45, 2.75) is 13.0 Å². The standard InChI is InChI=1S/C28H23N7O2/c1-17(32-26-19(15-29)16-31-28(30-2)34-26)23-14-18-8-6-11-21(22-12-7-13-24(36)33-22)25(18)27(37)35(23)20-9-4-3-5-10-20/h3-14,16-17H,1-2H3,(H,33,36)(H2,30,31,32,34)/t17-/m0/s1. The minimum atomic E-state index is -0.413. The number of hydrogen-bond acceptors (Lipinski definition) is 7. The lowest BCUT2D eigenvalue weighted by Crippen LogP contribution is -2.26. The summed E-state index contributed by atoms with van der Waals surface area (Å²) in [6.07, 6.45) is 1.45. The summed E-state index contributed by atoms with van der Waals surface area (Å²) >= 11 is 0. The number of aromatic nitrogens is 4. The first-order valence-corrected chi connectivity index (χ1v) is 11.7. The van der Waals surface area contributed by atoms with E-state index in [1.165, 1.54) is 12.3 Å². The summed E-state index contributed by atoms with van der Waals surface area (Å²) in [4.78, 5) is 37.5. The van der Waals surface area contributed by atoms with Crippen LogP contribution in [0.4, 0.5) is 11.8 Å². The minimum Gasteiger partial charge on any atom is -0.361 e. The third-order valence-corrected chi connectivity index (χ3v) is 6.08. The number of nitriles is 1. The van der Waals surface area contributed by atoms with Crippen molar-refractivity contribution < 1.29 is 0 Å². The number of nitrogens with zero attached hydrogens (tertiary/aromatic N) is 4. The van der Waals surface area contributed by atoms with E-state index in [2.05, 4.69) is 31.7 Å². The van der Waals surface area contributed by atoms with Crippen LogP contribution in [0, 0.1) is 11.3 Å². The van der Waals surface area contributed by atoms with E-state index in [4.69, 9.17) is 0 Å². The van der Waals surface area contributed by atoms with Gasteiger partial charge in [-0.3, -0.25) is 14.2 Å². The van der Waals surface area contributed by atoms with Gasteiger partial charge in [0.2, 0.25) is 11.5 Å². The molecule has 0 aliphatic heterocycles. The summed E-state index contributed by atoms with van der Waals surface area (Å²) in [7, 11) is 1.70. The van der Waals surface area contributed by atoms with E-state index in [9.17, 15) is 14.9 Å². The van der Waals surface area contributed by atoms with Crippen molar-refractivity contribution in [3.63, 3.8) is 0 Å². The quantitative estimate of drug-likeness (QED) is 0.326. The van der Waals surface area contributed by atoms with Crippen LogP contribution in [-0.4, -0.2) is 26.6 Å². The predicted octanol–water partition coefficient (Wildman–Crippen LogP) is 4.22. The lowest BCUT2D eigenvalue weighted by Gasteiger charge is -2.22. The van der Waals surface area contributed by atoms with Gasteiger partial charge in [0.1, 0.15) is 17.5 Å². The molecule has 0 radical (unpaired) electrons.